The van der Waals surface area contributed by atoms with Gasteiger partial charge < -0.3 is 19.9 Å². The lowest BCUT2D eigenvalue weighted by Gasteiger charge is -2.63. The van der Waals surface area contributed by atoms with Crippen LogP contribution in [0.3, 0.4) is 0 Å². The molecule has 0 radical (unpaired) electrons. The third kappa shape index (κ3) is 7.53. The molecule has 1 aliphatic carbocycles. The minimum absolute atomic E-state index is 0.0901. The number of ether oxygens (including phenoxy) is 1. The number of hydrogen-bond acceptors (Lipinski definition) is 10. The molecule has 0 aromatic heterocycles. The highest BCUT2D eigenvalue weighted by molar-refractivity contribution is 6.31. The van der Waals surface area contributed by atoms with Crippen molar-refractivity contribution in [3.63, 3.8) is 0 Å². The molecule has 2 N–H and O–H groups in total. The molecule has 4 aliphatic heterocycles. The number of hydrogen-bond donors (Lipinski definition) is 2. The lowest BCUT2D eigenvalue weighted by molar-refractivity contribution is -0.164. The Hall–Kier alpha value is -5.45. The number of carbonyl (C=O) groups excluding carboxylic acids is 5. The number of piperazine rings is 1. The van der Waals surface area contributed by atoms with Crippen LogP contribution in [0, 0.1) is 28.1 Å². The number of nitrogens with zero attached hydrogens (tertiary/aromatic N) is 5. The molecule has 4 fully saturated rings. The summed E-state index contributed by atoms with van der Waals surface area (Å²) in [6.07, 6.45) is 2.25. The quantitative estimate of drug-likeness (QED) is 0.259. The molecule has 0 unspecified atom stereocenters. The van der Waals surface area contributed by atoms with Crippen LogP contribution >= 0.6 is 11.6 Å². The lowest BCUT2D eigenvalue weighted by Crippen LogP contribution is -2.74. The number of imide groups is 2. The van der Waals surface area contributed by atoms with Crippen molar-refractivity contribution in [2.45, 2.75) is 71.6 Å². The van der Waals surface area contributed by atoms with E-state index in [0.29, 0.717) is 38.9 Å². The summed E-state index contributed by atoms with van der Waals surface area (Å²) in [6.45, 7) is 14.7. The monoisotopic (exact) mass is 819 g/mol. The van der Waals surface area contributed by atoms with Crippen molar-refractivity contribution in [3.05, 3.63) is 87.9 Å². The highest BCUT2D eigenvalue weighted by Gasteiger charge is 2.64. The Morgan fingerprint density at radius 3 is 2.24 bits per heavy atom. The molecule has 3 aromatic rings. The average Bonchev–Trinajstić information content (AvgIpc) is 3.80. The van der Waals surface area contributed by atoms with E-state index in [-0.39, 0.29) is 41.7 Å². The number of carbonyl (C=O) groups is 5. The highest BCUT2D eigenvalue weighted by Crippen LogP contribution is 2.55. The fourth-order valence-electron chi connectivity index (χ4n) is 10.2. The normalized spacial score (nSPS) is 25.0. The fraction of sp³-hybridized carbons (Fsp3) is 0.467. The smallest absolute Gasteiger partial charge is 0.262 e. The van der Waals surface area contributed by atoms with Gasteiger partial charge in [0.2, 0.25) is 11.8 Å². The summed E-state index contributed by atoms with van der Waals surface area (Å²) in [5.41, 5.74) is 2.91. The first-order valence-corrected chi connectivity index (χ1v) is 20.9. The minimum atomic E-state index is -0.975. The summed E-state index contributed by atoms with van der Waals surface area (Å²) in [7, 11) is 0. The van der Waals surface area contributed by atoms with Crippen LogP contribution in [-0.2, 0) is 9.59 Å². The van der Waals surface area contributed by atoms with Crippen LogP contribution < -0.4 is 25.2 Å². The fourth-order valence-corrected chi connectivity index (χ4v) is 10.4. The van der Waals surface area contributed by atoms with Crippen molar-refractivity contribution in [1.29, 1.82) is 5.26 Å². The molecule has 308 valence electrons. The van der Waals surface area contributed by atoms with Gasteiger partial charge in [-0.2, -0.15) is 5.26 Å². The second-order valence-corrected chi connectivity index (χ2v) is 18.1. The maximum Gasteiger partial charge on any atom is 0.262 e. The second-order valence-electron chi connectivity index (χ2n) is 17.7. The minimum Gasteiger partial charge on any atom is -0.489 e. The first kappa shape index (κ1) is 40.3. The van der Waals surface area contributed by atoms with Crippen molar-refractivity contribution < 1.29 is 28.7 Å². The summed E-state index contributed by atoms with van der Waals surface area (Å²) in [5, 5.41) is 15.1. The molecule has 3 saturated heterocycles. The topological polar surface area (TPSA) is 155 Å². The third-order valence-electron chi connectivity index (χ3n) is 13.2. The molecule has 0 spiro atoms. The van der Waals surface area contributed by atoms with Gasteiger partial charge in [0.1, 0.15) is 24.0 Å². The number of benzene rings is 3. The van der Waals surface area contributed by atoms with Gasteiger partial charge in [-0.1, -0.05) is 39.3 Å². The molecule has 1 saturated carbocycles. The van der Waals surface area contributed by atoms with Gasteiger partial charge in [-0.05, 0) is 86.3 Å². The van der Waals surface area contributed by atoms with Gasteiger partial charge in [-0.3, -0.25) is 39.1 Å². The van der Waals surface area contributed by atoms with Gasteiger partial charge in [0.05, 0.1) is 21.7 Å². The van der Waals surface area contributed by atoms with Crippen LogP contribution in [0.15, 0.2) is 60.7 Å². The zero-order valence-electron chi connectivity index (χ0n) is 33.9. The molecule has 8 rings (SSSR count). The largest absolute Gasteiger partial charge is 0.489 e. The van der Waals surface area contributed by atoms with Crippen LogP contribution in [0.5, 0.6) is 5.75 Å². The van der Waals surface area contributed by atoms with E-state index in [9.17, 15) is 29.2 Å². The van der Waals surface area contributed by atoms with E-state index in [0.717, 1.165) is 74.9 Å². The van der Waals surface area contributed by atoms with E-state index >= 15 is 0 Å². The number of nitriles is 1. The highest BCUT2D eigenvalue weighted by atomic mass is 35.5. The summed E-state index contributed by atoms with van der Waals surface area (Å²) >= 11 is 6.25. The third-order valence-corrected chi connectivity index (χ3v) is 13.5. The second kappa shape index (κ2) is 15.6. The molecular formula is C45H50ClN7O6. The Labute approximate surface area is 349 Å². The number of fused-ring (bicyclic) bond motifs is 1. The SMILES string of the molecule is CC1(C)C(NC(=O)c2ccc(N3CC[C@@H](CCN4CCN(c5ccc6c(c5)C(=O)N([C@@H]5CCC(=O)NC5=O)C6=O)CC4)C3)cc2)C(C)(C)C1Oc1ccc(C#N)c(Cl)c1. The van der Waals surface area contributed by atoms with Crippen LogP contribution in [-0.4, -0.2) is 103 Å². The van der Waals surface area contributed by atoms with Gasteiger partial charge in [-0.15, -0.1) is 0 Å². The standard InChI is InChI=1S/C45H50ClN7O6/c1-44(2)42(45(3,4)43(44)59-32-11-7-29(25-47)35(46)24-32)49-38(55)28-5-8-30(9-6-28)52-18-16-27(26-52)15-17-50-19-21-51(22-20-50)31-10-12-33-34(23-31)41(58)53(40(33)57)36-13-14-37(54)48-39(36)56/h5-12,23-24,27,36,42-43H,13-22,26H2,1-4H3,(H,49,55)(H,48,54,56)/t27-,36-,42?,43?/m1/s1. The van der Waals surface area contributed by atoms with Crippen LogP contribution in [0.25, 0.3) is 0 Å². The Kier molecular flexibility index (Phi) is 10.7. The van der Waals surface area contributed by atoms with E-state index in [1.807, 2.05) is 30.3 Å². The van der Waals surface area contributed by atoms with E-state index in [2.05, 4.69) is 59.1 Å². The summed E-state index contributed by atoms with van der Waals surface area (Å²) in [6, 6.07) is 19.3. The molecule has 13 nitrogen and oxygen atoms in total. The molecule has 14 heteroatoms. The predicted molar refractivity (Wildman–Crippen MR) is 223 cm³/mol. The molecular weight excluding hydrogens is 770 g/mol. The van der Waals surface area contributed by atoms with Crippen LogP contribution in [0.2, 0.25) is 5.02 Å². The Balaban J connectivity index is 0.787. The Bertz CT molecular complexity index is 2230. The van der Waals surface area contributed by atoms with Crippen molar-refractivity contribution in [3.8, 4) is 11.8 Å². The number of amides is 5. The van der Waals surface area contributed by atoms with E-state index in [1.165, 1.54) is 0 Å². The number of halogens is 1. The van der Waals surface area contributed by atoms with Gasteiger partial charge in [0.25, 0.3) is 17.7 Å². The Morgan fingerprint density at radius 1 is 0.864 bits per heavy atom. The maximum atomic E-state index is 13.5. The van der Waals surface area contributed by atoms with Crippen molar-refractivity contribution >= 4 is 52.5 Å². The molecule has 59 heavy (non-hydrogen) atoms. The maximum absolute atomic E-state index is 13.5. The van der Waals surface area contributed by atoms with E-state index in [4.69, 9.17) is 16.3 Å². The zero-order valence-corrected chi connectivity index (χ0v) is 34.7. The lowest BCUT2D eigenvalue weighted by atomic mass is 9.49. The van der Waals surface area contributed by atoms with Gasteiger partial charge in [0, 0.05) is 85.6 Å². The van der Waals surface area contributed by atoms with E-state index in [1.54, 1.807) is 30.3 Å². The summed E-state index contributed by atoms with van der Waals surface area (Å²) < 4.78 is 6.38. The van der Waals surface area contributed by atoms with Crippen molar-refractivity contribution in [2.24, 2.45) is 16.7 Å². The molecule has 5 aliphatic rings. The van der Waals surface area contributed by atoms with Crippen molar-refractivity contribution in [2.75, 3.05) is 55.6 Å². The van der Waals surface area contributed by atoms with Gasteiger partial charge in [0.15, 0.2) is 0 Å². The number of anilines is 2. The zero-order chi connectivity index (χ0) is 41.8. The van der Waals surface area contributed by atoms with E-state index < -0.39 is 29.7 Å². The molecule has 4 heterocycles. The summed E-state index contributed by atoms with van der Waals surface area (Å²) in [4.78, 5) is 72.2. The molecule has 5 amide bonds. The molecule has 3 aromatic carbocycles. The predicted octanol–water partition coefficient (Wildman–Crippen LogP) is 5.26. The summed E-state index contributed by atoms with van der Waals surface area (Å²) in [5.74, 6) is -0.925. The van der Waals surface area contributed by atoms with Crippen LogP contribution in [0.1, 0.15) is 90.0 Å². The number of piperidine rings is 1. The number of rotatable bonds is 10. The van der Waals surface area contributed by atoms with Crippen LogP contribution in [0.4, 0.5) is 11.4 Å². The molecule has 0 bridgehead atoms. The van der Waals surface area contributed by atoms with Crippen molar-refractivity contribution in [1.82, 2.24) is 20.4 Å². The average molecular weight is 820 g/mol. The first-order chi connectivity index (χ1) is 28.1. The van der Waals surface area contributed by atoms with Gasteiger partial charge in [-0.25, -0.2) is 0 Å². The number of nitrogens with one attached hydrogen (secondary N) is 2. The first-order valence-electron chi connectivity index (χ1n) is 20.5. The Morgan fingerprint density at radius 2 is 1.56 bits per heavy atom. The van der Waals surface area contributed by atoms with Gasteiger partial charge >= 0.3 is 0 Å². The molecule has 2 atom stereocenters.